The van der Waals surface area contributed by atoms with Crippen LogP contribution in [0.25, 0.3) is 0 Å². The van der Waals surface area contributed by atoms with Crippen LogP contribution >= 0.6 is 7.82 Å². The van der Waals surface area contributed by atoms with Crippen molar-refractivity contribution < 1.29 is 43.1 Å². The number of ketones is 2. The van der Waals surface area contributed by atoms with Gasteiger partial charge in [0.2, 0.25) is 0 Å². The van der Waals surface area contributed by atoms with E-state index in [2.05, 4.69) is 4.52 Å². The SMILES string of the molecule is C[C@H]1C[C@H]2[C@@H]3CCC4=CC(=O)C=C[C@]4(C)[C@@]3(F)[C@@H](O)C[C@]2(C)[C@@]1(O)C(=O)COP(=O)(O)O.[Na]. The van der Waals surface area contributed by atoms with Crippen LogP contribution in [-0.4, -0.2) is 85.1 Å². The largest absolute Gasteiger partial charge is 0.470 e. The van der Waals surface area contributed by atoms with Crippen LogP contribution in [0.2, 0.25) is 0 Å². The van der Waals surface area contributed by atoms with Crippen LogP contribution in [0.4, 0.5) is 4.39 Å². The van der Waals surface area contributed by atoms with Crippen LogP contribution in [0.3, 0.4) is 0 Å². The van der Waals surface area contributed by atoms with Gasteiger partial charge in [0.05, 0.1) is 6.10 Å². The number of carbonyl (C=O) groups excluding carboxylic acids is 2. The van der Waals surface area contributed by atoms with Gasteiger partial charge in [-0.2, -0.15) is 0 Å². The summed E-state index contributed by atoms with van der Waals surface area (Å²) in [6.45, 7) is 4.00. The first-order chi connectivity index (χ1) is 14.6. The van der Waals surface area contributed by atoms with Gasteiger partial charge in [-0.05, 0) is 56.6 Å². The van der Waals surface area contributed by atoms with E-state index in [1.54, 1.807) is 20.8 Å². The first-order valence-corrected chi connectivity index (χ1v) is 12.4. The van der Waals surface area contributed by atoms with Crippen molar-refractivity contribution in [3.63, 3.8) is 0 Å². The number of rotatable bonds is 4. The molecule has 3 saturated carbocycles. The van der Waals surface area contributed by atoms with E-state index in [0.717, 1.165) is 0 Å². The summed E-state index contributed by atoms with van der Waals surface area (Å²) in [5.41, 5.74) is -5.88. The molecule has 4 aliphatic carbocycles. The van der Waals surface area contributed by atoms with E-state index < -0.39 is 66.2 Å². The number of alkyl halides is 1. The van der Waals surface area contributed by atoms with Gasteiger partial charge in [-0.1, -0.05) is 25.5 Å². The first kappa shape index (κ1) is 27.4. The Hall–Kier alpha value is -0.220. The van der Waals surface area contributed by atoms with E-state index in [1.807, 2.05) is 0 Å². The Balaban J connectivity index is 0.00000306. The molecule has 0 saturated heterocycles. The molecule has 179 valence electrons. The number of hydrogen-bond donors (Lipinski definition) is 4. The molecule has 0 unspecified atom stereocenters. The topological polar surface area (TPSA) is 141 Å². The molecule has 4 N–H and O–H groups in total. The van der Waals surface area contributed by atoms with Gasteiger partial charge in [0, 0.05) is 46.3 Å². The number of phosphoric acid groups is 1. The van der Waals surface area contributed by atoms with Crippen molar-refractivity contribution in [3.05, 3.63) is 23.8 Å². The van der Waals surface area contributed by atoms with Gasteiger partial charge >= 0.3 is 7.82 Å². The third kappa shape index (κ3) is 3.66. The molecule has 8 nitrogen and oxygen atoms in total. The summed E-state index contributed by atoms with van der Waals surface area (Å²) in [5.74, 6) is -2.87. The molecule has 0 amide bonds. The molecule has 11 heteroatoms. The van der Waals surface area contributed by atoms with Crippen LogP contribution in [-0.2, 0) is 18.7 Å². The second-order valence-electron chi connectivity index (χ2n) is 10.4. The molecule has 4 aliphatic rings. The van der Waals surface area contributed by atoms with Crippen LogP contribution in [0.1, 0.15) is 46.5 Å². The van der Waals surface area contributed by atoms with Crippen molar-refractivity contribution in [2.24, 2.45) is 28.6 Å². The van der Waals surface area contributed by atoms with Gasteiger partial charge in [-0.15, -0.1) is 0 Å². The molecule has 1 radical (unpaired) electrons. The fourth-order valence-corrected chi connectivity index (χ4v) is 7.68. The fraction of sp³-hybridized carbons (Fsp3) is 0.727. The van der Waals surface area contributed by atoms with Gasteiger partial charge < -0.3 is 20.0 Å². The van der Waals surface area contributed by atoms with Gasteiger partial charge in [-0.3, -0.25) is 14.1 Å². The molecule has 3 fully saturated rings. The minimum atomic E-state index is -4.93. The minimum Gasteiger partial charge on any atom is -0.390 e. The Kier molecular flexibility index (Phi) is 6.99. The van der Waals surface area contributed by atoms with E-state index in [1.165, 1.54) is 18.2 Å². The summed E-state index contributed by atoms with van der Waals surface area (Å²) in [7, 11) is -4.93. The second-order valence-corrected chi connectivity index (χ2v) is 11.6. The average Bonchev–Trinajstić information content (AvgIpc) is 2.89. The van der Waals surface area contributed by atoms with Crippen molar-refractivity contribution in [2.75, 3.05) is 6.61 Å². The Bertz CT molecular complexity index is 979. The molecule has 0 aromatic rings. The predicted octanol–water partition coefficient (Wildman–Crippen LogP) is 1.63. The van der Waals surface area contributed by atoms with Gasteiger partial charge in [0.25, 0.3) is 0 Å². The molecular formula is C22H30FNaO8P. The van der Waals surface area contributed by atoms with Crippen LogP contribution < -0.4 is 0 Å². The Labute approximate surface area is 214 Å². The van der Waals surface area contributed by atoms with E-state index in [9.17, 15) is 24.4 Å². The molecule has 0 bridgehead atoms. The zero-order valence-corrected chi connectivity index (χ0v) is 22.2. The summed E-state index contributed by atoms with van der Waals surface area (Å²) in [4.78, 5) is 42.8. The van der Waals surface area contributed by atoms with Gasteiger partial charge in [-0.25, -0.2) is 8.96 Å². The standard InChI is InChI=1S/C22H30FO8P.Na/c1-12-8-16-15-5-4-13-9-14(24)6-7-19(13,2)21(15,23)17(25)10-20(16,3)22(12,27)18(26)11-31-32(28,29)30;/h6-7,9,12,15-17,25,27H,4-5,8,10-11H2,1-3H3,(H2,28,29,30);/t12-,15-,16-,17-,19-,20-,21-,22-;/m0./s1. The van der Waals surface area contributed by atoms with E-state index >= 15 is 4.39 Å². The third-order valence-corrected chi connectivity index (χ3v) is 9.48. The zero-order valence-electron chi connectivity index (χ0n) is 19.3. The Morgan fingerprint density at radius 2 is 1.94 bits per heavy atom. The molecular weight excluding hydrogens is 465 g/mol. The molecule has 0 heterocycles. The molecule has 33 heavy (non-hydrogen) atoms. The maximum absolute atomic E-state index is 17.0. The zero-order chi connectivity index (χ0) is 23.9. The number of halogens is 1. The van der Waals surface area contributed by atoms with E-state index in [4.69, 9.17) is 9.79 Å². The smallest absolute Gasteiger partial charge is 0.390 e. The first-order valence-electron chi connectivity index (χ1n) is 10.9. The van der Waals surface area contributed by atoms with Crippen LogP contribution in [0, 0.1) is 28.6 Å². The number of Topliss-reactive ketones (excluding diaryl/α,β-unsaturated/α-hetero) is 1. The monoisotopic (exact) mass is 495 g/mol. The number of carbonyl (C=O) groups is 2. The maximum Gasteiger partial charge on any atom is 0.470 e. The van der Waals surface area contributed by atoms with Gasteiger partial charge in [0.1, 0.15) is 12.2 Å². The molecule has 0 spiro atoms. The normalized spacial score (nSPS) is 46.5. The van der Waals surface area contributed by atoms with Crippen molar-refractivity contribution in [1.82, 2.24) is 0 Å². The molecule has 8 atom stereocenters. The van der Waals surface area contributed by atoms with Crippen LogP contribution in [0.5, 0.6) is 0 Å². The summed E-state index contributed by atoms with van der Waals surface area (Å²) in [6.07, 6.45) is 3.70. The number of fused-ring (bicyclic) bond motifs is 5. The predicted molar refractivity (Wildman–Crippen MR) is 117 cm³/mol. The maximum atomic E-state index is 17.0. The molecule has 0 aliphatic heterocycles. The van der Waals surface area contributed by atoms with E-state index in [0.29, 0.717) is 24.8 Å². The molecule has 0 aromatic carbocycles. The van der Waals surface area contributed by atoms with Crippen molar-refractivity contribution in [3.8, 4) is 0 Å². The molecule has 4 rings (SSSR count). The number of allylic oxidation sites excluding steroid dienone is 4. The second kappa shape index (κ2) is 8.43. The summed E-state index contributed by atoms with van der Waals surface area (Å²) >= 11 is 0. The third-order valence-electron chi connectivity index (χ3n) is 9.01. The summed E-state index contributed by atoms with van der Waals surface area (Å²) < 4.78 is 32.5. The Morgan fingerprint density at radius 1 is 1.30 bits per heavy atom. The van der Waals surface area contributed by atoms with Crippen molar-refractivity contribution >= 4 is 48.9 Å². The minimum absolute atomic E-state index is 0. The number of aliphatic hydroxyl groups is 2. The quantitative estimate of drug-likeness (QED) is 0.341. The van der Waals surface area contributed by atoms with Crippen LogP contribution in [0.15, 0.2) is 23.8 Å². The summed E-state index contributed by atoms with van der Waals surface area (Å²) in [6, 6.07) is 0. The van der Waals surface area contributed by atoms with Crippen molar-refractivity contribution in [2.45, 2.75) is 63.8 Å². The fourth-order valence-electron chi connectivity index (χ4n) is 7.39. The van der Waals surface area contributed by atoms with E-state index in [-0.39, 0.29) is 41.8 Å². The molecule has 0 aromatic heterocycles. The average molecular weight is 495 g/mol. The number of aliphatic hydroxyl groups excluding tert-OH is 1. The van der Waals surface area contributed by atoms with Crippen molar-refractivity contribution in [1.29, 1.82) is 0 Å². The Morgan fingerprint density at radius 3 is 2.55 bits per heavy atom. The number of phosphoric ester groups is 1. The summed E-state index contributed by atoms with van der Waals surface area (Å²) in [5, 5.41) is 22.8. The van der Waals surface area contributed by atoms with Gasteiger partial charge in [0.15, 0.2) is 17.2 Å². The number of hydrogen-bond acceptors (Lipinski definition) is 6.